The van der Waals surface area contributed by atoms with Crippen LogP contribution in [0, 0.1) is 0 Å². The minimum Gasteiger partial charge on any atom is -0.456 e. The molecule has 6 heteroatoms. The molecular formula is C44H21N3O2S. The number of rotatable bonds is 2. The van der Waals surface area contributed by atoms with Gasteiger partial charge >= 0.3 is 0 Å². The van der Waals surface area contributed by atoms with Gasteiger partial charge in [-0.3, -0.25) is 4.57 Å². The zero-order valence-electron chi connectivity index (χ0n) is 26.2. The van der Waals surface area contributed by atoms with Crippen LogP contribution in [0.2, 0.25) is 0 Å². The largest absolute Gasteiger partial charge is 0.456 e. The Morgan fingerprint density at radius 1 is 0.500 bits per heavy atom. The molecule has 0 aliphatic heterocycles. The minimum atomic E-state index is 0.664. The van der Waals surface area contributed by atoms with Gasteiger partial charge in [-0.1, -0.05) is 66.7 Å². The Balaban J connectivity index is 1.22. The molecule has 0 radical (unpaired) electrons. The molecule has 13 rings (SSSR count). The van der Waals surface area contributed by atoms with Gasteiger partial charge in [-0.25, -0.2) is 9.97 Å². The summed E-state index contributed by atoms with van der Waals surface area (Å²) in [4.78, 5) is 10.7. The predicted molar refractivity (Wildman–Crippen MR) is 206 cm³/mol. The first kappa shape index (κ1) is 25.5. The standard InChI is InChI=1S/C44H21N3O2S/c1-3-12-31-27(9-1)41-42(49-31)44(46-43(45-41)23-16-20-35-28(21-23)24-8-2-4-14-34(24)50-35)47-29-17-15-22-7-5-10-25-26-11-6-13-32-37(26)40-33(48-32)19-18-30(47)39(40)38(29)36(22)25/h1-21H. The van der Waals surface area contributed by atoms with E-state index in [0.717, 1.165) is 60.8 Å². The van der Waals surface area contributed by atoms with Crippen LogP contribution in [0.1, 0.15) is 0 Å². The van der Waals surface area contributed by atoms with Crippen molar-refractivity contribution < 1.29 is 8.83 Å². The summed E-state index contributed by atoms with van der Waals surface area (Å²) in [6, 6.07) is 45.1. The highest BCUT2D eigenvalue weighted by Gasteiger charge is 2.28. The molecule has 0 atom stereocenters. The highest BCUT2D eigenvalue weighted by molar-refractivity contribution is 7.25. The van der Waals surface area contributed by atoms with Gasteiger partial charge in [0.05, 0.1) is 11.0 Å². The fraction of sp³-hybridized carbons (Fsp3) is 0. The molecule has 0 saturated heterocycles. The van der Waals surface area contributed by atoms with E-state index in [-0.39, 0.29) is 0 Å². The molecule has 0 N–H and O–H groups in total. The highest BCUT2D eigenvalue weighted by Crippen LogP contribution is 2.51. The Morgan fingerprint density at radius 3 is 2.18 bits per heavy atom. The summed E-state index contributed by atoms with van der Waals surface area (Å²) in [5.41, 5.74) is 9.55. The van der Waals surface area contributed by atoms with Crippen molar-refractivity contribution in [3.05, 3.63) is 127 Å². The maximum Gasteiger partial charge on any atom is 0.197 e. The maximum atomic E-state index is 6.69. The van der Waals surface area contributed by atoms with Gasteiger partial charge in [0.2, 0.25) is 0 Å². The van der Waals surface area contributed by atoms with Crippen molar-refractivity contribution in [1.82, 2.24) is 14.5 Å². The zero-order valence-corrected chi connectivity index (χ0v) is 27.0. The predicted octanol–water partition coefficient (Wildman–Crippen LogP) is 12.5. The lowest BCUT2D eigenvalue weighted by Gasteiger charge is -2.12. The van der Waals surface area contributed by atoms with Crippen molar-refractivity contribution in [2.45, 2.75) is 0 Å². The molecule has 0 unspecified atom stereocenters. The molecule has 0 fully saturated rings. The number of thiophene rings is 1. The van der Waals surface area contributed by atoms with Crippen LogP contribution in [0.5, 0.6) is 0 Å². The van der Waals surface area contributed by atoms with E-state index in [1.807, 2.05) is 29.5 Å². The van der Waals surface area contributed by atoms with Crippen molar-refractivity contribution >= 4 is 108 Å². The molecule has 0 bridgehead atoms. The van der Waals surface area contributed by atoms with Gasteiger partial charge in [-0.2, -0.15) is 0 Å². The number of furan rings is 2. The molecule has 0 amide bonds. The molecule has 0 spiro atoms. The lowest BCUT2D eigenvalue weighted by Crippen LogP contribution is -2.02. The molecule has 1 aliphatic carbocycles. The van der Waals surface area contributed by atoms with Gasteiger partial charge in [-0.15, -0.1) is 11.3 Å². The van der Waals surface area contributed by atoms with Crippen molar-refractivity contribution in [3.63, 3.8) is 0 Å². The number of benzene rings is 7. The topological polar surface area (TPSA) is 57.0 Å². The Hall–Kier alpha value is -6.50. The van der Waals surface area contributed by atoms with E-state index in [2.05, 4.69) is 114 Å². The third-order valence-corrected chi connectivity index (χ3v) is 11.9. The van der Waals surface area contributed by atoms with Gasteiger partial charge < -0.3 is 8.83 Å². The highest BCUT2D eigenvalue weighted by atomic mass is 32.1. The number of nitrogens with zero attached hydrogens (tertiary/aromatic N) is 3. The van der Waals surface area contributed by atoms with Gasteiger partial charge in [0.1, 0.15) is 22.3 Å². The fourth-order valence-corrected chi connectivity index (χ4v) is 9.76. The smallest absolute Gasteiger partial charge is 0.197 e. The minimum absolute atomic E-state index is 0.664. The number of aromatic nitrogens is 3. The normalized spacial score (nSPS) is 12.8. The Bertz CT molecular complexity index is 3510. The second kappa shape index (κ2) is 8.74. The maximum absolute atomic E-state index is 6.69. The lowest BCUT2D eigenvalue weighted by molar-refractivity contribution is 0.662. The van der Waals surface area contributed by atoms with Crippen molar-refractivity contribution in [2.24, 2.45) is 0 Å². The first-order valence-corrected chi connectivity index (χ1v) is 17.6. The number of fused-ring (bicyclic) bond motifs is 7. The van der Waals surface area contributed by atoms with E-state index >= 15 is 0 Å². The molecule has 7 aromatic carbocycles. The second-order valence-electron chi connectivity index (χ2n) is 13.3. The number of hydrogen-bond donors (Lipinski definition) is 0. The van der Waals surface area contributed by atoms with Crippen LogP contribution in [0.3, 0.4) is 0 Å². The number of para-hydroxylation sites is 1. The van der Waals surface area contributed by atoms with Crippen LogP contribution in [0.4, 0.5) is 0 Å². The average molecular weight is 656 g/mol. The van der Waals surface area contributed by atoms with E-state index in [9.17, 15) is 0 Å². The SMILES string of the molecule is c1cc2c3c(c1)ccc1c3c3c4c(ccc3n1-c1nc(-c3ccc5sc6ccccc6c5c3)nc3c1oc1ccccc13)oc1cccc-2c14. The summed E-state index contributed by atoms with van der Waals surface area (Å²) in [6.45, 7) is 0. The quantitative estimate of drug-likeness (QED) is 0.186. The monoisotopic (exact) mass is 655 g/mol. The summed E-state index contributed by atoms with van der Waals surface area (Å²) < 4.78 is 18.0. The summed E-state index contributed by atoms with van der Waals surface area (Å²) >= 11 is 1.81. The van der Waals surface area contributed by atoms with Crippen molar-refractivity contribution in [2.75, 3.05) is 0 Å². The molecule has 5 aromatic heterocycles. The van der Waals surface area contributed by atoms with E-state index < -0.39 is 0 Å². The Morgan fingerprint density at radius 2 is 1.24 bits per heavy atom. The summed E-state index contributed by atoms with van der Waals surface area (Å²) in [5, 5.41) is 10.6. The summed E-state index contributed by atoms with van der Waals surface area (Å²) in [6.07, 6.45) is 0. The Labute approximate surface area is 286 Å². The molecule has 1 aliphatic rings. The first-order valence-electron chi connectivity index (χ1n) is 16.7. The van der Waals surface area contributed by atoms with E-state index in [0.29, 0.717) is 11.4 Å². The van der Waals surface area contributed by atoms with E-state index in [1.54, 1.807) is 0 Å². The molecule has 5 nitrogen and oxygen atoms in total. The van der Waals surface area contributed by atoms with Crippen LogP contribution in [0.15, 0.2) is 136 Å². The third kappa shape index (κ3) is 3.01. The van der Waals surface area contributed by atoms with Gasteiger partial charge in [0, 0.05) is 52.7 Å². The zero-order chi connectivity index (χ0) is 32.2. The molecule has 0 saturated carbocycles. The van der Waals surface area contributed by atoms with Crippen LogP contribution >= 0.6 is 11.3 Å². The van der Waals surface area contributed by atoms with Crippen LogP contribution in [-0.4, -0.2) is 14.5 Å². The molecule has 50 heavy (non-hydrogen) atoms. The van der Waals surface area contributed by atoms with Crippen LogP contribution in [0.25, 0.3) is 125 Å². The number of hydrogen-bond acceptors (Lipinski definition) is 5. The summed E-state index contributed by atoms with van der Waals surface area (Å²) in [7, 11) is 0. The van der Waals surface area contributed by atoms with Gasteiger partial charge in [0.25, 0.3) is 0 Å². The Kier molecular flexibility index (Phi) is 4.46. The van der Waals surface area contributed by atoms with Gasteiger partial charge in [-0.05, 0) is 82.6 Å². The van der Waals surface area contributed by atoms with Crippen LogP contribution in [-0.2, 0) is 0 Å². The van der Waals surface area contributed by atoms with Crippen LogP contribution < -0.4 is 0 Å². The first-order chi connectivity index (χ1) is 24.8. The lowest BCUT2D eigenvalue weighted by atomic mass is 9.95. The molecule has 12 aromatic rings. The molecule has 5 heterocycles. The van der Waals surface area contributed by atoms with Crippen molar-refractivity contribution in [3.8, 4) is 28.3 Å². The second-order valence-corrected chi connectivity index (χ2v) is 14.4. The van der Waals surface area contributed by atoms with Gasteiger partial charge in [0.15, 0.2) is 17.2 Å². The van der Waals surface area contributed by atoms with E-state index in [4.69, 9.17) is 18.8 Å². The van der Waals surface area contributed by atoms with E-state index in [1.165, 1.54) is 52.8 Å². The van der Waals surface area contributed by atoms with Crippen molar-refractivity contribution in [1.29, 1.82) is 0 Å². The fourth-order valence-electron chi connectivity index (χ4n) is 8.67. The molecule has 230 valence electrons. The third-order valence-electron chi connectivity index (χ3n) is 10.7. The molecular weight excluding hydrogens is 635 g/mol. The average Bonchev–Trinajstić information content (AvgIpc) is 3.90. The summed E-state index contributed by atoms with van der Waals surface area (Å²) in [5.74, 6) is 1.39.